The van der Waals surface area contributed by atoms with Gasteiger partial charge in [0.1, 0.15) is 0 Å². The van der Waals surface area contributed by atoms with Crippen molar-refractivity contribution < 1.29 is 0 Å². The summed E-state index contributed by atoms with van der Waals surface area (Å²) in [4.78, 5) is 0. The Balaban J connectivity index is 0. The molecule has 7 heavy (non-hydrogen) atoms. The number of hydrogen-bond acceptors (Lipinski definition) is 0. The fraction of sp³-hybridized carbons (Fsp3) is 0. The van der Waals surface area contributed by atoms with E-state index in [0.717, 1.165) is 0 Å². The van der Waals surface area contributed by atoms with Gasteiger partial charge in [-0.1, -0.05) is 0 Å². The molecule has 0 bridgehead atoms. The van der Waals surface area contributed by atoms with Gasteiger partial charge in [0.15, 0.2) is 0 Å². The molecule has 0 rings (SSSR count). The smallest absolute Gasteiger partial charge is 0 e. The average Bonchev–Trinajstić information content (AvgIpc) is 0. The maximum atomic E-state index is 0. The minimum atomic E-state index is 0. The SMILES string of the molecule is [K].[K].[K].[Rb].[Rb].[Rb].[Rb]. The van der Waals surface area contributed by atoms with E-state index < -0.39 is 0 Å². The normalized spacial score (nSPS) is 0. The molecule has 0 fully saturated rings. The third kappa shape index (κ3) is 32.1. The second-order valence-corrected chi connectivity index (χ2v) is 0. The summed E-state index contributed by atoms with van der Waals surface area (Å²) >= 11 is 0. The summed E-state index contributed by atoms with van der Waals surface area (Å²) in [7, 11) is 0. The van der Waals surface area contributed by atoms with Gasteiger partial charge in [0.25, 0.3) is 0 Å². The van der Waals surface area contributed by atoms with Crippen molar-refractivity contribution in [3.05, 3.63) is 0 Å². The molecule has 0 aromatic rings. The minimum Gasteiger partial charge on any atom is 0 e. The van der Waals surface area contributed by atoms with Crippen LogP contribution in [0.2, 0.25) is 0 Å². The second-order valence-electron chi connectivity index (χ2n) is 0. The van der Waals surface area contributed by atoms with E-state index in [2.05, 4.69) is 0 Å². The first-order valence-electron chi connectivity index (χ1n) is 0. The Bertz CT molecular complexity index is 6.90. The molecule has 7 valence electrons. The van der Waals surface area contributed by atoms with Gasteiger partial charge in [0, 0.05) is 387 Å². The van der Waals surface area contributed by atoms with Gasteiger partial charge in [-0.25, -0.2) is 0 Å². The summed E-state index contributed by atoms with van der Waals surface area (Å²) in [5.74, 6) is 0. The maximum Gasteiger partial charge on any atom is 0 e. The molecule has 0 aromatic carbocycles. The minimum absolute atomic E-state index is 0. The molecule has 0 aliphatic rings. The molecule has 0 saturated carbocycles. The molecule has 0 nitrogen and oxygen atoms in total. The van der Waals surface area contributed by atoms with Gasteiger partial charge in [-0.3, -0.25) is 0 Å². The Hall–Kier alpha value is 12.1. The van der Waals surface area contributed by atoms with Crippen LogP contribution < -0.4 is 0 Å². The zero-order chi connectivity index (χ0) is 0. The van der Waals surface area contributed by atoms with Crippen molar-refractivity contribution >= 4 is 387 Å². The van der Waals surface area contributed by atoms with Crippen LogP contribution in [0, 0.1) is 0 Å². The van der Waals surface area contributed by atoms with Gasteiger partial charge in [-0.15, -0.1) is 0 Å². The molecule has 7 radical (unpaired) electrons. The summed E-state index contributed by atoms with van der Waals surface area (Å²) in [5.41, 5.74) is 0. The van der Waals surface area contributed by atoms with E-state index in [4.69, 9.17) is 0 Å². The molecule has 0 atom stereocenters. The predicted molar refractivity (Wildman–Crippen MR) is 40.3 cm³/mol. The third-order valence-corrected chi connectivity index (χ3v) is 0. The molecular formula is K3Rb4. The van der Waals surface area contributed by atoms with E-state index >= 15 is 0 Å². The van der Waals surface area contributed by atoms with Gasteiger partial charge >= 0.3 is 0 Å². The van der Waals surface area contributed by atoms with Crippen molar-refractivity contribution in [1.29, 1.82) is 0 Å². The van der Waals surface area contributed by atoms with E-state index in [0.29, 0.717) is 0 Å². The quantitative estimate of drug-likeness (QED) is 0.347. The van der Waals surface area contributed by atoms with E-state index in [9.17, 15) is 0 Å². The van der Waals surface area contributed by atoms with Crippen LogP contribution in [-0.2, 0) is 0 Å². The predicted octanol–water partition coefficient (Wildman–Crippen LogP) is -2.67. The van der Waals surface area contributed by atoms with Crippen molar-refractivity contribution in [3.63, 3.8) is 0 Å². The maximum absolute atomic E-state index is 0. The fourth-order valence-electron chi connectivity index (χ4n) is 0. The van der Waals surface area contributed by atoms with E-state index in [1.807, 2.05) is 0 Å². The molecule has 0 saturated heterocycles. The van der Waals surface area contributed by atoms with Crippen molar-refractivity contribution in [3.8, 4) is 0 Å². The van der Waals surface area contributed by atoms with Crippen molar-refractivity contribution in [2.24, 2.45) is 0 Å². The fourth-order valence-corrected chi connectivity index (χ4v) is 0. The molecule has 0 aromatic heterocycles. The van der Waals surface area contributed by atoms with Crippen LogP contribution in [0.1, 0.15) is 0 Å². The van der Waals surface area contributed by atoms with Crippen molar-refractivity contribution in [2.45, 2.75) is 0 Å². The van der Waals surface area contributed by atoms with Crippen LogP contribution in [0.3, 0.4) is 0 Å². The molecule has 0 N–H and O–H groups in total. The first-order valence-corrected chi connectivity index (χ1v) is 0. The number of rotatable bonds is 0. The standard InChI is InChI=1S/3K.4Rb. The summed E-state index contributed by atoms with van der Waals surface area (Å²) in [5, 5.41) is 0. The van der Waals surface area contributed by atoms with Gasteiger partial charge in [0.05, 0.1) is 0 Å². The van der Waals surface area contributed by atoms with Crippen LogP contribution in [-0.4, -0.2) is 387 Å². The summed E-state index contributed by atoms with van der Waals surface area (Å²) < 4.78 is 0. The zero-order valence-corrected chi connectivity index (χ0v) is 36.0. The largest absolute Gasteiger partial charge is 0 e. The summed E-state index contributed by atoms with van der Waals surface area (Å²) in [6.45, 7) is 0. The third-order valence-electron chi connectivity index (χ3n) is 0. The Morgan fingerprint density at radius 2 is 0.286 bits per heavy atom. The molecule has 7 heteroatoms. The number of hydrogen-bond donors (Lipinski definition) is 0. The molecule has 0 spiro atoms. The molecule has 0 unspecified atom stereocenters. The van der Waals surface area contributed by atoms with E-state index in [-0.39, 0.29) is 387 Å². The monoisotopic (exact) mass is 457 g/mol. The van der Waals surface area contributed by atoms with Crippen LogP contribution in [0.15, 0.2) is 0 Å². The molecule has 0 amide bonds. The first-order chi connectivity index (χ1) is 0. The second kappa shape index (κ2) is 36.2. The van der Waals surface area contributed by atoms with Crippen LogP contribution in [0.25, 0.3) is 0 Å². The van der Waals surface area contributed by atoms with Crippen LogP contribution in [0.4, 0.5) is 0 Å². The molecule has 0 aliphatic carbocycles. The van der Waals surface area contributed by atoms with Crippen LogP contribution in [0.5, 0.6) is 0 Å². The molecule has 0 aliphatic heterocycles. The molecular weight excluding hydrogens is 459 g/mol. The summed E-state index contributed by atoms with van der Waals surface area (Å²) in [6, 6.07) is 0. The Labute approximate surface area is 369 Å². The Morgan fingerprint density at radius 1 is 0.286 bits per heavy atom. The van der Waals surface area contributed by atoms with Gasteiger partial charge in [-0.2, -0.15) is 0 Å². The van der Waals surface area contributed by atoms with Gasteiger partial charge in [-0.05, 0) is 0 Å². The van der Waals surface area contributed by atoms with Crippen molar-refractivity contribution in [2.75, 3.05) is 0 Å². The van der Waals surface area contributed by atoms with Gasteiger partial charge in [0.2, 0.25) is 0 Å². The van der Waals surface area contributed by atoms with E-state index in [1.165, 1.54) is 0 Å². The Kier molecular flexibility index (Phi) is 221. The summed E-state index contributed by atoms with van der Waals surface area (Å²) in [6.07, 6.45) is 0. The van der Waals surface area contributed by atoms with Crippen LogP contribution >= 0.6 is 0 Å². The first kappa shape index (κ1) is 42.7. The molecule has 0 heterocycles. The van der Waals surface area contributed by atoms with E-state index in [1.54, 1.807) is 0 Å². The van der Waals surface area contributed by atoms with Gasteiger partial charge < -0.3 is 0 Å². The zero-order valence-electron chi connectivity index (χ0n) is 7.00. The average molecular weight is 459 g/mol. The topological polar surface area (TPSA) is 0 Å². The Morgan fingerprint density at radius 3 is 0.286 bits per heavy atom. The van der Waals surface area contributed by atoms with Crippen molar-refractivity contribution in [1.82, 2.24) is 0 Å².